The van der Waals surface area contributed by atoms with Gasteiger partial charge in [0.15, 0.2) is 0 Å². The summed E-state index contributed by atoms with van der Waals surface area (Å²) in [5, 5.41) is 0. The lowest BCUT2D eigenvalue weighted by atomic mass is 9.59. The first-order valence-electron chi connectivity index (χ1n) is 7.37. The first-order valence-corrected chi connectivity index (χ1v) is 8.16. The quantitative estimate of drug-likeness (QED) is 0.860. The lowest BCUT2D eigenvalue weighted by molar-refractivity contribution is 0.194. The number of halogens is 2. The Balaban J connectivity index is 1.85. The molecule has 3 rings (SSSR count). The van der Waals surface area contributed by atoms with Crippen LogP contribution in [0.5, 0.6) is 0 Å². The summed E-state index contributed by atoms with van der Waals surface area (Å²) in [6.07, 6.45) is 4.26. The summed E-state index contributed by atoms with van der Waals surface area (Å²) in [6.45, 7) is 0. The summed E-state index contributed by atoms with van der Waals surface area (Å²) in [6, 6.07) is 15.5. The molecule has 2 aromatic rings. The van der Waals surface area contributed by atoms with Crippen LogP contribution in [0.4, 0.5) is 4.39 Å². The predicted octanol–water partition coefficient (Wildman–Crippen LogP) is 4.58. The highest BCUT2D eigenvalue weighted by molar-refractivity contribution is 9.10. The van der Waals surface area contributed by atoms with Crippen molar-refractivity contribution in [2.45, 2.75) is 37.1 Å². The van der Waals surface area contributed by atoms with Gasteiger partial charge in [-0.05, 0) is 42.5 Å². The van der Waals surface area contributed by atoms with Crippen LogP contribution in [0.3, 0.4) is 0 Å². The minimum Gasteiger partial charge on any atom is -0.327 e. The standard InChI is InChI=1S/C18H19BrFN/c19-16-12-15(20)8-7-13(16)11-17(21)18(9-4-10-18)14-5-2-1-3-6-14/h1-3,5-8,12,17H,4,9-11,21H2. The average Bonchev–Trinajstić information content (AvgIpc) is 2.42. The molecule has 1 aliphatic carbocycles. The number of nitrogens with two attached hydrogens (primary N) is 1. The van der Waals surface area contributed by atoms with Crippen molar-refractivity contribution in [2.75, 3.05) is 0 Å². The number of rotatable bonds is 4. The Labute approximate surface area is 133 Å². The lowest BCUT2D eigenvalue weighted by Gasteiger charge is -2.47. The summed E-state index contributed by atoms with van der Waals surface area (Å²) >= 11 is 3.44. The summed E-state index contributed by atoms with van der Waals surface area (Å²) in [4.78, 5) is 0. The third-order valence-electron chi connectivity index (χ3n) is 4.76. The number of hydrogen-bond donors (Lipinski definition) is 1. The molecule has 2 aromatic carbocycles. The minimum absolute atomic E-state index is 0.0513. The Morgan fingerprint density at radius 2 is 1.86 bits per heavy atom. The molecule has 1 saturated carbocycles. The van der Waals surface area contributed by atoms with Crippen LogP contribution < -0.4 is 5.73 Å². The Hall–Kier alpha value is -1.19. The van der Waals surface area contributed by atoms with Gasteiger partial charge in [0.25, 0.3) is 0 Å². The maximum atomic E-state index is 13.2. The van der Waals surface area contributed by atoms with Crippen LogP contribution in [0, 0.1) is 5.82 Å². The molecule has 0 heterocycles. The fraction of sp³-hybridized carbons (Fsp3) is 0.333. The molecule has 110 valence electrons. The first kappa shape index (κ1) is 14.7. The Kier molecular flexibility index (Phi) is 4.14. The molecule has 0 aromatic heterocycles. The topological polar surface area (TPSA) is 26.0 Å². The fourth-order valence-corrected chi connectivity index (χ4v) is 3.83. The van der Waals surface area contributed by atoms with Crippen LogP contribution >= 0.6 is 15.9 Å². The van der Waals surface area contributed by atoms with E-state index >= 15 is 0 Å². The second kappa shape index (κ2) is 5.90. The summed E-state index contributed by atoms with van der Waals surface area (Å²) < 4.78 is 14.0. The monoisotopic (exact) mass is 347 g/mol. The van der Waals surface area contributed by atoms with Gasteiger partial charge in [0.05, 0.1) is 0 Å². The van der Waals surface area contributed by atoms with Crippen LogP contribution in [-0.2, 0) is 11.8 Å². The fourth-order valence-electron chi connectivity index (χ4n) is 3.32. The third-order valence-corrected chi connectivity index (χ3v) is 5.50. The zero-order valence-electron chi connectivity index (χ0n) is 11.9. The lowest BCUT2D eigenvalue weighted by Crippen LogP contribution is -2.51. The molecular formula is C18H19BrFN. The molecule has 0 aliphatic heterocycles. The number of hydrogen-bond acceptors (Lipinski definition) is 1. The van der Waals surface area contributed by atoms with Gasteiger partial charge in [-0.25, -0.2) is 4.39 Å². The predicted molar refractivity (Wildman–Crippen MR) is 87.8 cm³/mol. The molecule has 0 amide bonds. The second-order valence-corrected chi connectivity index (χ2v) is 6.78. The molecule has 1 unspecified atom stereocenters. The van der Waals surface area contributed by atoms with E-state index in [0.717, 1.165) is 29.3 Å². The van der Waals surface area contributed by atoms with Crippen LogP contribution in [0.1, 0.15) is 30.4 Å². The van der Waals surface area contributed by atoms with Crippen LogP contribution in [0.2, 0.25) is 0 Å². The zero-order chi connectivity index (χ0) is 14.9. The highest BCUT2D eigenvalue weighted by atomic mass is 79.9. The molecule has 0 bridgehead atoms. The van der Waals surface area contributed by atoms with E-state index in [1.54, 1.807) is 0 Å². The molecule has 21 heavy (non-hydrogen) atoms. The third kappa shape index (κ3) is 2.77. The van der Waals surface area contributed by atoms with Gasteiger partial charge in [0, 0.05) is 15.9 Å². The van der Waals surface area contributed by atoms with Crippen molar-refractivity contribution in [3.8, 4) is 0 Å². The Bertz CT molecular complexity index is 622. The van der Waals surface area contributed by atoms with Crippen molar-refractivity contribution in [2.24, 2.45) is 5.73 Å². The maximum Gasteiger partial charge on any atom is 0.124 e. The van der Waals surface area contributed by atoms with Crippen molar-refractivity contribution in [1.82, 2.24) is 0 Å². The van der Waals surface area contributed by atoms with Gasteiger partial charge in [-0.1, -0.05) is 58.7 Å². The normalized spacial score (nSPS) is 18.0. The van der Waals surface area contributed by atoms with E-state index in [2.05, 4.69) is 40.2 Å². The first-order chi connectivity index (χ1) is 10.1. The van der Waals surface area contributed by atoms with E-state index in [0.29, 0.717) is 0 Å². The van der Waals surface area contributed by atoms with Gasteiger partial charge in [0.1, 0.15) is 5.82 Å². The molecule has 0 radical (unpaired) electrons. The van der Waals surface area contributed by atoms with E-state index < -0.39 is 0 Å². The molecule has 3 heteroatoms. The molecule has 1 atom stereocenters. The molecule has 2 N–H and O–H groups in total. The van der Waals surface area contributed by atoms with Crippen molar-refractivity contribution in [3.63, 3.8) is 0 Å². The van der Waals surface area contributed by atoms with Crippen molar-refractivity contribution in [3.05, 3.63) is 69.9 Å². The molecule has 1 aliphatic rings. The summed E-state index contributed by atoms with van der Waals surface area (Å²) in [5.41, 5.74) is 9.06. The van der Waals surface area contributed by atoms with Crippen molar-refractivity contribution in [1.29, 1.82) is 0 Å². The SMILES string of the molecule is NC(Cc1ccc(F)cc1Br)C1(c2ccccc2)CCC1. The van der Waals surface area contributed by atoms with E-state index in [-0.39, 0.29) is 17.3 Å². The highest BCUT2D eigenvalue weighted by Gasteiger charge is 2.43. The summed E-state index contributed by atoms with van der Waals surface area (Å²) in [5.74, 6) is -0.222. The smallest absolute Gasteiger partial charge is 0.124 e. The van der Waals surface area contributed by atoms with Gasteiger partial charge in [0.2, 0.25) is 0 Å². The molecule has 0 saturated heterocycles. The van der Waals surface area contributed by atoms with Crippen molar-refractivity contribution >= 4 is 15.9 Å². The Morgan fingerprint density at radius 3 is 2.43 bits per heavy atom. The molecule has 0 spiro atoms. The zero-order valence-corrected chi connectivity index (χ0v) is 13.4. The minimum atomic E-state index is -0.222. The highest BCUT2D eigenvalue weighted by Crippen LogP contribution is 2.46. The second-order valence-electron chi connectivity index (χ2n) is 5.92. The van der Waals surface area contributed by atoms with E-state index in [1.807, 2.05) is 12.1 Å². The van der Waals surface area contributed by atoms with Gasteiger partial charge in [-0.15, -0.1) is 0 Å². The average molecular weight is 348 g/mol. The van der Waals surface area contributed by atoms with Gasteiger partial charge in [-0.3, -0.25) is 0 Å². The maximum absolute atomic E-state index is 13.2. The Morgan fingerprint density at radius 1 is 1.14 bits per heavy atom. The van der Waals surface area contributed by atoms with Crippen molar-refractivity contribution < 1.29 is 4.39 Å². The van der Waals surface area contributed by atoms with E-state index in [1.165, 1.54) is 24.1 Å². The number of benzene rings is 2. The van der Waals surface area contributed by atoms with E-state index in [4.69, 9.17) is 5.73 Å². The molecule has 1 nitrogen and oxygen atoms in total. The van der Waals surface area contributed by atoms with Crippen LogP contribution in [0.15, 0.2) is 53.0 Å². The van der Waals surface area contributed by atoms with Crippen LogP contribution in [0.25, 0.3) is 0 Å². The van der Waals surface area contributed by atoms with E-state index in [9.17, 15) is 4.39 Å². The largest absolute Gasteiger partial charge is 0.327 e. The van der Waals surface area contributed by atoms with Gasteiger partial charge in [-0.2, -0.15) is 0 Å². The molecular weight excluding hydrogens is 329 g/mol. The molecule has 1 fully saturated rings. The van der Waals surface area contributed by atoms with Gasteiger partial charge < -0.3 is 5.73 Å². The summed E-state index contributed by atoms with van der Waals surface area (Å²) in [7, 11) is 0. The van der Waals surface area contributed by atoms with Crippen LogP contribution in [-0.4, -0.2) is 6.04 Å². The van der Waals surface area contributed by atoms with Gasteiger partial charge >= 0.3 is 0 Å².